The number of nitrogens with one attached hydrogen (secondary N) is 2. The number of imide groups is 1. The minimum atomic E-state index is -0.830. The van der Waals surface area contributed by atoms with Crippen LogP contribution >= 0.6 is 0 Å². The first-order chi connectivity index (χ1) is 12.6. The summed E-state index contributed by atoms with van der Waals surface area (Å²) in [5.41, 5.74) is 5.93. The van der Waals surface area contributed by atoms with Crippen molar-refractivity contribution in [1.29, 1.82) is 0 Å². The summed E-state index contributed by atoms with van der Waals surface area (Å²) in [6.07, 6.45) is 2.94. The highest BCUT2D eigenvalue weighted by Crippen LogP contribution is 2.26. The Kier molecular flexibility index (Phi) is 5.23. The number of aromatic nitrogens is 1. The van der Waals surface area contributed by atoms with Crippen LogP contribution in [0.5, 0.6) is 5.75 Å². The Morgan fingerprint density at radius 3 is 2.77 bits per heavy atom. The molecule has 0 radical (unpaired) electrons. The number of ether oxygens (including phenoxy) is 1. The largest absolute Gasteiger partial charge is 0.494 e. The number of pyridine rings is 1. The predicted molar refractivity (Wildman–Crippen MR) is 93.3 cm³/mol. The van der Waals surface area contributed by atoms with Crippen LogP contribution in [0.25, 0.3) is 0 Å². The Balaban J connectivity index is 1.67. The van der Waals surface area contributed by atoms with Gasteiger partial charge in [-0.3, -0.25) is 24.8 Å². The summed E-state index contributed by atoms with van der Waals surface area (Å²) < 4.78 is 5.40. The molecular formula is C18H18N4O4. The first-order valence-corrected chi connectivity index (χ1v) is 8.15. The molecule has 2 heterocycles. The van der Waals surface area contributed by atoms with Gasteiger partial charge in [0.2, 0.25) is 5.91 Å². The van der Waals surface area contributed by atoms with E-state index in [0.717, 1.165) is 4.90 Å². The van der Waals surface area contributed by atoms with Gasteiger partial charge in [-0.05, 0) is 31.2 Å². The van der Waals surface area contributed by atoms with Crippen LogP contribution in [-0.4, -0.2) is 35.4 Å². The molecule has 134 valence electrons. The van der Waals surface area contributed by atoms with Crippen molar-refractivity contribution < 1.29 is 19.1 Å². The lowest BCUT2D eigenvalue weighted by molar-refractivity contribution is -0.121. The Morgan fingerprint density at radius 1 is 1.27 bits per heavy atom. The second-order valence-corrected chi connectivity index (χ2v) is 5.59. The molecule has 3 rings (SSSR count). The second-order valence-electron chi connectivity index (χ2n) is 5.59. The number of hydrogen-bond donors (Lipinski definition) is 2. The van der Waals surface area contributed by atoms with Crippen LogP contribution in [0, 0.1) is 0 Å². The molecule has 1 aliphatic rings. The number of carbonyl (C=O) groups excluding carboxylic acids is 3. The average molecular weight is 354 g/mol. The van der Waals surface area contributed by atoms with Crippen LogP contribution in [0.3, 0.4) is 0 Å². The standard InChI is InChI=1S/C18H18N4O4/c1-2-26-14-5-3-4-13(10-14)22-16(23)11-15(18(22)25)20-21-17(24)12-6-8-19-9-7-12/h3-10,15,20H,2,11H2,1H3,(H,21,24)/t15-/m1/s1. The monoisotopic (exact) mass is 354 g/mol. The van der Waals surface area contributed by atoms with Gasteiger partial charge in [0.1, 0.15) is 11.8 Å². The van der Waals surface area contributed by atoms with Gasteiger partial charge in [0, 0.05) is 24.0 Å². The molecule has 0 saturated carbocycles. The van der Waals surface area contributed by atoms with Gasteiger partial charge < -0.3 is 4.74 Å². The van der Waals surface area contributed by atoms with E-state index >= 15 is 0 Å². The summed E-state index contributed by atoms with van der Waals surface area (Å²) in [6.45, 7) is 2.33. The molecule has 0 aliphatic carbocycles. The topological polar surface area (TPSA) is 101 Å². The van der Waals surface area contributed by atoms with Crippen molar-refractivity contribution in [3.63, 3.8) is 0 Å². The molecule has 0 bridgehead atoms. The molecule has 2 aromatic rings. The molecule has 26 heavy (non-hydrogen) atoms. The molecule has 8 nitrogen and oxygen atoms in total. The van der Waals surface area contributed by atoms with Crippen molar-refractivity contribution in [2.24, 2.45) is 0 Å². The van der Waals surface area contributed by atoms with Gasteiger partial charge >= 0.3 is 0 Å². The summed E-state index contributed by atoms with van der Waals surface area (Å²) >= 11 is 0. The van der Waals surface area contributed by atoms with Crippen molar-refractivity contribution in [3.05, 3.63) is 54.4 Å². The zero-order valence-corrected chi connectivity index (χ0v) is 14.1. The number of hydrogen-bond acceptors (Lipinski definition) is 6. The molecule has 0 spiro atoms. The first kappa shape index (κ1) is 17.6. The Bertz CT molecular complexity index is 825. The molecule has 1 fully saturated rings. The summed E-state index contributed by atoms with van der Waals surface area (Å²) in [5.74, 6) is -0.615. The highest BCUT2D eigenvalue weighted by atomic mass is 16.5. The number of nitrogens with zero attached hydrogens (tertiary/aromatic N) is 2. The number of carbonyl (C=O) groups is 3. The predicted octanol–water partition coefficient (Wildman–Crippen LogP) is 1.05. The summed E-state index contributed by atoms with van der Waals surface area (Å²) in [6, 6.07) is 9.03. The first-order valence-electron chi connectivity index (χ1n) is 8.15. The fourth-order valence-corrected chi connectivity index (χ4v) is 2.62. The third-order valence-corrected chi connectivity index (χ3v) is 3.84. The highest BCUT2D eigenvalue weighted by Gasteiger charge is 2.39. The SMILES string of the molecule is CCOc1cccc(N2C(=O)C[C@@H](NNC(=O)c3ccncc3)C2=O)c1. The van der Waals surface area contributed by atoms with Gasteiger partial charge in [0.25, 0.3) is 11.8 Å². The summed E-state index contributed by atoms with van der Waals surface area (Å²) in [7, 11) is 0. The molecule has 8 heteroatoms. The molecular weight excluding hydrogens is 336 g/mol. The normalized spacial score (nSPS) is 16.7. The van der Waals surface area contributed by atoms with E-state index in [4.69, 9.17) is 4.74 Å². The molecule has 2 N–H and O–H groups in total. The zero-order valence-electron chi connectivity index (χ0n) is 14.1. The summed E-state index contributed by atoms with van der Waals surface area (Å²) in [5, 5.41) is 0. The Morgan fingerprint density at radius 2 is 2.04 bits per heavy atom. The van der Waals surface area contributed by atoms with Crippen molar-refractivity contribution in [1.82, 2.24) is 15.8 Å². The van der Waals surface area contributed by atoms with E-state index in [2.05, 4.69) is 15.8 Å². The fourth-order valence-electron chi connectivity index (χ4n) is 2.62. The van der Waals surface area contributed by atoms with Gasteiger partial charge in [0.05, 0.1) is 18.7 Å². The van der Waals surface area contributed by atoms with E-state index in [1.807, 2.05) is 6.92 Å². The molecule has 1 aromatic carbocycles. The maximum Gasteiger partial charge on any atom is 0.265 e. The lowest BCUT2D eigenvalue weighted by Gasteiger charge is -2.16. The van der Waals surface area contributed by atoms with Crippen LogP contribution < -0.4 is 20.5 Å². The van der Waals surface area contributed by atoms with E-state index in [1.54, 1.807) is 36.4 Å². The third-order valence-electron chi connectivity index (χ3n) is 3.84. The molecule has 1 aromatic heterocycles. The maximum absolute atomic E-state index is 12.6. The van der Waals surface area contributed by atoms with Crippen molar-refractivity contribution in [2.75, 3.05) is 11.5 Å². The third kappa shape index (κ3) is 3.70. The average Bonchev–Trinajstić information content (AvgIpc) is 2.94. The minimum absolute atomic E-state index is 0.0473. The fraction of sp³-hybridized carbons (Fsp3) is 0.222. The van der Waals surface area contributed by atoms with Gasteiger partial charge in [-0.15, -0.1) is 0 Å². The van der Waals surface area contributed by atoms with E-state index < -0.39 is 17.9 Å². The van der Waals surface area contributed by atoms with Crippen molar-refractivity contribution in [2.45, 2.75) is 19.4 Å². The van der Waals surface area contributed by atoms with Crippen LogP contribution in [0.2, 0.25) is 0 Å². The Hall–Kier alpha value is -3.26. The number of anilines is 1. The van der Waals surface area contributed by atoms with Crippen molar-refractivity contribution >= 4 is 23.4 Å². The maximum atomic E-state index is 12.6. The molecule has 1 atom stereocenters. The Labute approximate surface area is 150 Å². The molecule has 1 aliphatic heterocycles. The van der Waals surface area contributed by atoms with E-state index in [9.17, 15) is 14.4 Å². The van der Waals surface area contributed by atoms with E-state index in [-0.39, 0.29) is 12.3 Å². The van der Waals surface area contributed by atoms with Crippen LogP contribution in [0.1, 0.15) is 23.7 Å². The quantitative estimate of drug-likeness (QED) is 0.594. The van der Waals surface area contributed by atoms with Gasteiger partial charge in [-0.2, -0.15) is 0 Å². The highest BCUT2D eigenvalue weighted by molar-refractivity contribution is 6.22. The molecule has 0 unspecified atom stereocenters. The van der Waals surface area contributed by atoms with Gasteiger partial charge in [-0.25, -0.2) is 10.3 Å². The summed E-state index contributed by atoms with van der Waals surface area (Å²) in [4.78, 5) is 41.8. The van der Waals surface area contributed by atoms with Crippen molar-refractivity contribution in [3.8, 4) is 5.75 Å². The number of rotatable bonds is 6. The zero-order chi connectivity index (χ0) is 18.5. The lowest BCUT2D eigenvalue weighted by Crippen LogP contribution is -2.48. The van der Waals surface area contributed by atoms with E-state index in [1.165, 1.54) is 12.4 Å². The lowest BCUT2D eigenvalue weighted by atomic mass is 10.2. The number of hydrazine groups is 1. The van der Waals surface area contributed by atoms with Gasteiger partial charge in [-0.1, -0.05) is 6.07 Å². The van der Waals surface area contributed by atoms with Crippen LogP contribution in [0.15, 0.2) is 48.8 Å². The smallest absolute Gasteiger partial charge is 0.265 e. The van der Waals surface area contributed by atoms with Gasteiger partial charge in [0.15, 0.2) is 0 Å². The number of amides is 3. The number of benzene rings is 1. The van der Waals surface area contributed by atoms with E-state index in [0.29, 0.717) is 23.6 Å². The minimum Gasteiger partial charge on any atom is -0.494 e. The molecule has 1 saturated heterocycles. The molecule has 3 amide bonds. The van der Waals surface area contributed by atoms with Crippen LogP contribution in [0.4, 0.5) is 5.69 Å². The van der Waals surface area contributed by atoms with Crippen LogP contribution in [-0.2, 0) is 9.59 Å². The second kappa shape index (κ2) is 7.75.